The molecular weight excluding hydrogens is 346 g/mol. The summed E-state index contributed by atoms with van der Waals surface area (Å²) in [4.78, 5) is 34.6. The number of amides is 1. The van der Waals surface area contributed by atoms with Gasteiger partial charge in [-0.2, -0.15) is 0 Å². The number of ether oxygens (including phenoxy) is 1. The van der Waals surface area contributed by atoms with Crippen molar-refractivity contribution in [3.05, 3.63) is 77.9 Å². The molecular formula is C21H19NO5. The van der Waals surface area contributed by atoms with Crippen LogP contribution in [0.1, 0.15) is 22.3 Å². The number of hydrogen-bond acceptors (Lipinski definition) is 4. The van der Waals surface area contributed by atoms with E-state index in [9.17, 15) is 14.4 Å². The SMILES string of the molecule is C=C(CC(=O)Nc1ccc(C(=O)C=Cc2ccc(OC)cc2)cc1)C(=O)O. The van der Waals surface area contributed by atoms with Crippen molar-refractivity contribution in [1.82, 2.24) is 0 Å². The van der Waals surface area contributed by atoms with Crippen molar-refractivity contribution in [2.45, 2.75) is 6.42 Å². The van der Waals surface area contributed by atoms with Crippen LogP contribution < -0.4 is 10.1 Å². The van der Waals surface area contributed by atoms with Gasteiger partial charge in [-0.3, -0.25) is 9.59 Å². The lowest BCUT2D eigenvalue weighted by Crippen LogP contribution is -2.14. The zero-order chi connectivity index (χ0) is 19.8. The Labute approximate surface area is 156 Å². The Kier molecular flexibility index (Phi) is 6.66. The third-order valence-corrected chi connectivity index (χ3v) is 3.67. The van der Waals surface area contributed by atoms with Crippen LogP contribution in [0, 0.1) is 0 Å². The molecule has 0 bridgehead atoms. The molecule has 0 aromatic heterocycles. The van der Waals surface area contributed by atoms with Gasteiger partial charge >= 0.3 is 5.97 Å². The number of carbonyl (C=O) groups excluding carboxylic acids is 2. The minimum Gasteiger partial charge on any atom is -0.497 e. The first-order valence-electron chi connectivity index (χ1n) is 8.06. The zero-order valence-corrected chi connectivity index (χ0v) is 14.8. The van der Waals surface area contributed by atoms with Gasteiger partial charge in [0.05, 0.1) is 13.5 Å². The molecule has 2 aromatic carbocycles. The molecule has 0 spiro atoms. The van der Waals surface area contributed by atoms with Gasteiger partial charge in [-0.1, -0.05) is 24.8 Å². The van der Waals surface area contributed by atoms with Gasteiger partial charge in [0, 0.05) is 16.8 Å². The Bertz CT molecular complexity index is 880. The van der Waals surface area contributed by atoms with Crippen molar-refractivity contribution in [2.24, 2.45) is 0 Å². The molecule has 2 aromatic rings. The van der Waals surface area contributed by atoms with E-state index in [1.807, 2.05) is 12.1 Å². The normalized spacial score (nSPS) is 10.4. The maximum absolute atomic E-state index is 12.2. The predicted molar refractivity (Wildman–Crippen MR) is 103 cm³/mol. The van der Waals surface area contributed by atoms with Crippen LogP contribution in [0.3, 0.4) is 0 Å². The Hall–Kier alpha value is -3.67. The number of carbonyl (C=O) groups is 3. The molecule has 0 unspecified atom stereocenters. The molecule has 0 atom stereocenters. The van der Waals surface area contributed by atoms with Crippen molar-refractivity contribution in [3.63, 3.8) is 0 Å². The highest BCUT2D eigenvalue weighted by Gasteiger charge is 2.10. The van der Waals surface area contributed by atoms with E-state index in [0.29, 0.717) is 11.3 Å². The molecule has 0 aliphatic carbocycles. The largest absolute Gasteiger partial charge is 0.497 e. The molecule has 2 rings (SSSR count). The maximum atomic E-state index is 12.2. The third kappa shape index (κ3) is 5.97. The summed E-state index contributed by atoms with van der Waals surface area (Å²) in [5.74, 6) is -1.14. The number of carboxylic acids is 1. The average molecular weight is 365 g/mol. The molecule has 6 heteroatoms. The summed E-state index contributed by atoms with van der Waals surface area (Å²) in [6.45, 7) is 3.31. The van der Waals surface area contributed by atoms with Crippen LogP contribution in [0.5, 0.6) is 5.75 Å². The summed E-state index contributed by atoms with van der Waals surface area (Å²) >= 11 is 0. The number of benzene rings is 2. The van der Waals surface area contributed by atoms with Crippen LogP contribution in [0.2, 0.25) is 0 Å². The number of allylic oxidation sites excluding steroid dienone is 1. The standard InChI is InChI=1S/C21H19NO5/c1-14(21(25)26)13-20(24)22-17-8-6-16(7-9-17)19(23)12-5-15-3-10-18(27-2)11-4-15/h3-12H,1,13H2,2H3,(H,22,24)(H,25,26). The maximum Gasteiger partial charge on any atom is 0.331 e. The minimum absolute atomic E-state index is 0.178. The molecule has 27 heavy (non-hydrogen) atoms. The second-order valence-corrected chi connectivity index (χ2v) is 5.68. The first-order chi connectivity index (χ1) is 12.9. The van der Waals surface area contributed by atoms with Gasteiger partial charge in [0.15, 0.2) is 5.78 Å². The highest BCUT2D eigenvalue weighted by Crippen LogP contribution is 2.14. The molecule has 138 valence electrons. The zero-order valence-electron chi connectivity index (χ0n) is 14.8. The Morgan fingerprint density at radius 3 is 2.26 bits per heavy atom. The predicted octanol–water partition coefficient (Wildman–Crippen LogP) is 3.56. The van der Waals surface area contributed by atoms with Crippen LogP contribution >= 0.6 is 0 Å². The van der Waals surface area contributed by atoms with Crippen LogP contribution in [0.25, 0.3) is 6.08 Å². The average Bonchev–Trinajstić information content (AvgIpc) is 2.66. The number of ketones is 1. The quantitative estimate of drug-likeness (QED) is 0.551. The number of hydrogen-bond donors (Lipinski definition) is 2. The molecule has 1 amide bonds. The van der Waals surface area contributed by atoms with Gasteiger partial charge in [-0.25, -0.2) is 4.79 Å². The molecule has 0 saturated carbocycles. The van der Waals surface area contributed by atoms with Gasteiger partial charge in [-0.15, -0.1) is 0 Å². The lowest BCUT2D eigenvalue weighted by atomic mass is 10.1. The van der Waals surface area contributed by atoms with E-state index in [1.54, 1.807) is 49.6 Å². The van der Waals surface area contributed by atoms with Gasteiger partial charge in [0.1, 0.15) is 5.75 Å². The van der Waals surface area contributed by atoms with Crippen LogP contribution in [-0.4, -0.2) is 29.9 Å². The molecule has 0 aliphatic heterocycles. The molecule has 2 N–H and O–H groups in total. The topological polar surface area (TPSA) is 92.7 Å². The van der Waals surface area contributed by atoms with Gasteiger partial charge in [-0.05, 0) is 48.0 Å². The van der Waals surface area contributed by atoms with Crippen molar-refractivity contribution in [2.75, 3.05) is 12.4 Å². The number of anilines is 1. The van der Waals surface area contributed by atoms with E-state index in [2.05, 4.69) is 11.9 Å². The molecule has 0 radical (unpaired) electrons. The number of methoxy groups -OCH3 is 1. The van der Waals surface area contributed by atoms with E-state index >= 15 is 0 Å². The van der Waals surface area contributed by atoms with Crippen LogP contribution in [-0.2, 0) is 9.59 Å². The monoisotopic (exact) mass is 365 g/mol. The fourth-order valence-electron chi connectivity index (χ4n) is 2.18. The van der Waals surface area contributed by atoms with E-state index in [4.69, 9.17) is 9.84 Å². The van der Waals surface area contributed by atoms with Gasteiger partial charge in [0.2, 0.25) is 5.91 Å². The first-order valence-corrected chi connectivity index (χ1v) is 8.06. The van der Waals surface area contributed by atoms with Crippen molar-refractivity contribution in [3.8, 4) is 5.75 Å². The fourth-order valence-corrected chi connectivity index (χ4v) is 2.18. The number of nitrogens with one attached hydrogen (secondary N) is 1. The molecule has 0 saturated heterocycles. The second-order valence-electron chi connectivity index (χ2n) is 5.68. The lowest BCUT2D eigenvalue weighted by molar-refractivity contribution is -0.133. The van der Waals surface area contributed by atoms with Gasteiger partial charge < -0.3 is 15.2 Å². The highest BCUT2D eigenvalue weighted by molar-refractivity contribution is 6.07. The lowest BCUT2D eigenvalue weighted by Gasteiger charge is -2.05. The molecule has 0 aliphatic rings. The third-order valence-electron chi connectivity index (χ3n) is 3.67. The fraction of sp³-hybridized carbons (Fsp3) is 0.0952. The Balaban J connectivity index is 1.96. The van der Waals surface area contributed by atoms with Crippen LogP contribution in [0.15, 0.2) is 66.8 Å². The Morgan fingerprint density at radius 1 is 1.07 bits per heavy atom. The second kappa shape index (κ2) is 9.15. The number of aliphatic carboxylic acids is 1. The molecule has 0 fully saturated rings. The van der Waals surface area contributed by atoms with Crippen molar-refractivity contribution in [1.29, 1.82) is 0 Å². The van der Waals surface area contributed by atoms with E-state index in [1.165, 1.54) is 6.08 Å². The summed E-state index contributed by atoms with van der Waals surface area (Å²) in [6.07, 6.45) is 2.86. The van der Waals surface area contributed by atoms with Gasteiger partial charge in [0.25, 0.3) is 0 Å². The van der Waals surface area contributed by atoms with Crippen LogP contribution in [0.4, 0.5) is 5.69 Å². The summed E-state index contributed by atoms with van der Waals surface area (Å²) in [6, 6.07) is 13.6. The summed E-state index contributed by atoms with van der Waals surface area (Å²) in [7, 11) is 1.59. The Morgan fingerprint density at radius 2 is 1.70 bits per heavy atom. The van der Waals surface area contributed by atoms with E-state index < -0.39 is 11.9 Å². The molecule has 6 nitrogen and oxygen atoms in total. The highest BCUT2D eigenvalue weighted by atomic mass is 16.5. The smallest absolute Gasteiger partial charge is 0.331 e. The van der Waals surface area contributed by atoms with Crippen molar-refractivity contribution >= 4 is 29.4 Å². The number of rotatable bonds is 8. The summed E-state index contributed by atoms with van der Waals surface area (Å²) in [5.41, 5.74) is 1.61. The molecule has 0 heterocycles. The minimum atomic E-state index is -1.21. The summed E-state index contributed by atoms with van der Waals surface area (Å²) in [5, 5.41) is 11.3. The van der Waals surface area contributed by atoms with Crippen molar-refractivity contribution < 1.29 is 24.2 Å². The van der Waals surface area contributed by atoms with E-state index in [-0.39, 0.29) is 17.8 Å². The first kappa shape index (κ1) is 19.7. The number of carboxylic acid groups (broad SMARTS) is 1. The van der Waals surface area contributed by atoms with E-state index in [0.717, 1.165) is 11.3 Å². The summed E-state index contributed by atoms with van der Waals surface area (Å²) < 4.78 is 5.08.